The fourth-order valence-corrected chi connectivity index (χ4v) is 2.42. The van der Waals surface area contributed by atoms with Crippen molar-refractivity contribution in [1.29, 1.82) is 0 Å². The Morgan fingerprint density at radius 1 is 1.00 bits per heavy atom. The summed E-state index contributed by atoms with van der Waals surface area (Å²) in [5.74, 6) is -0.595. The summed E-state index contributed by atoms with van der Waals surface area (Å²) in [6.45, 7) is 7.11. The highest BCUT2D eigenvalue weighted by molar-refractivity contribution is 5.94. The van der Waals surface area contributed by atoms with Crippen LogP contribution in [0.5, 0.6) is 0 Å². The highest BCUT2D eigenvalue weighted by atomic mass is 16.5. The maximum Gasteiger partial charge on any atom is 0.305 e. The van der Waals surface area contributed by atoms with E-state index in [0.29, 0.717) is 48.8 Å². The van der Waals surface area contributed by atoms with Crippen LogP contribution < -0.4 is 16.0 Å². The summed E-state index contributed by atoms with van der Waals surface area (Å²) in [6.07, 6.45) is 2.57. The van der Waals surface area contributed by atoms with E-state index in [9.17, 15) is 19.2 Å². The quantitative estimate of drug-likeness (QED) is 0.171. The van der Waals surface area contributed by atoms with Gasteiger partial charge in [0.15, 0.2) is 0 Å². The smallest absolute Gasteiger partial charge is 0.305 e. The Kier molecular flexibility index (Phi) is 20.4. The summed E-state index contributed by atoms with van der Waals surface area (Å²) in [7, 11) is 3.04. The minimum absolute atomic E-state index is 0.127. The predicted molar refractivity (Wildman–Crippen MR) is 131 cm³/mol. The van der Waals surface area contributed by atoms with Crippen LogP contribution in [0.15, 0.2) is 18.2 Å². The third kappa shape index (κ3) is 15.9. The van der Waals surface area contributed by atoms with Crippen LogP contribution in [0.25, 0.3) is 0 Å². The highest BCUT2D eigenvalue weighted by Gasteiger charge is 2.11. The van der Waals surface area contributed by atoms with Crippen molar-refractivity contribution in [3.8, 4) is 0 Å². The fraction of sp³-hybridized carbons (Fsp3) is 0.583. The number of aliphatic hydroxyl groups excluding tert-OH is 2. The molecule has 0 saturated carbocycles. The molecule has 0 radical (unpaired) electrons. The van der Waals surface area contributed by atoms with Crippen molar-refractivity contribution in [2.75, 3.05) is 19.5 Å². The van der Waals surface area contributed by atoms with E-state index in [0.717, 1.165) is 0 Å². The third-order valence-corrected chi connectivity index (χ3v) is 4.37. The molecule has 0 fully saturated rings. The third-order valence-electron chi connectivity index (χ3n) is 4.37. The van der Waals surface area contributed by atoms with Gasteiger partial charge >= 0.3 is 5.97 Å². The molecule has 1 aromatic carbocycles. The highest BCUT2D eigenvalue weighted by Crippen LogP contribution is 2.15. The molecule has 34 heavy (non-hydrogen) atoms. The number of aldehydes is 1. The molecule has 2 atom stereocenters. The van der Waals surface area contributed by atoms with Crippen LogP contribution in [0, 0.1) is 0 Å². The van der Waals surface area contributed by atoms with Crippen molar-refractivity contribution >= 4 is 29.8 Å². The van der Waals surface area contributed by atoms with Gasteiger partial charge in [0.05, 0.1) is 32.4 Å². The number of nitrogens with one attached hydrogen (secondary N) is 3. The number of esters is 1. The van der Waals surface area contributed by atoms with Crippen LogP contribution in [-0.2, 0) is 37.1 Å². The van der Waals surface area contributed by atoms with Gasteiger partial charge in [0.2, 0.25) is 11.8 Å². The fourth-order valence-electron chi connectivity index (χ4n) is 2.42. The van der Waals surface area contributed by atoms with Gasteiger partial charge in [0.1, 0.15) is 6.29 Å². The van der Waals surface area contributed by atoms with Gasteiger partial charge in [-0.1, -0.05) is 19.9 Å². The van der Waals surface area contributed by atoms with E-state index >= 15 is 0 Å². The Bertz CT molecular complexity index is 719. The Labute approximate surface area is 202 Å². The molecule has 194 valence electrons. The first kappa shape index (κ1) is 33.4. The van der Waals surface area contributed by atoms with E-state index in [-0.39, 0.29) is 37.0 Å². The molecule has 10 nitrogen and oxygen atoms in total. The summed E-state index contributed by atoms with van der Waals surface area (Å²) in [4.78, 5) is 43.7. The summed E-state index contributed by atoms with van der Waals surface area (Å²) < 4.78 is 4.45. The number of amides is 2. The van der Waals surface area contributed by atoms with Gasteiger partial charge in [-0.3, -0.25) is 14.4 Å². The van der Waals surface area contributed by atoms with Crippen LogP contribution in [0.4, 0.5) is 5.69 Å². The van der Waals surface area contributed by atoms with Gasteiger partial charge in [0, 0.05) is 18.5 Å². The standard InChI is InChI=1S/C12H18N2O3.C10H17NO4.C2H6/c1-8(13-2)12(17)14-11-4-9(6-15)3-10(5-11)7-16;1-8(7-12)11-9(13)5-3-4-6-10(14)15-2;1-2/h3-5,8,13,15-16H,6-7H2,1-2H3,(H,14,17);7-8H,3-6H2,1-2H3,(H,11,13);1-2H3/t;8-;/m.0./s1. The zero-order chi connectivity index (χ0) is 26.5. The molecule has 0 aromatic heterocycles. The minimum Gasteiger partial charge on any atom is -0.469 e. The van der Waals surface area contributed by atoms with Crippen molar-refractivity contribution in [3.63, 3.8) is 0 Å². The lowest BCUT2D eigenvalue weighted by atomic mass is 10.1. The summed E-state index contributed by atoms with van der Waals surface area (Å²) in [6, 6.07) is 4.30. The molecule has 10 heteroatoms. The van der Waals surface area contributed by atoms with E-state index < -0.39 is 6.04 Å². The molecule has 1 aromatic rings. The average molecular weight is 484 g/mol. The van der Waals surface area contributed by atoms with Gasteiger partial charge in [-0.25, -0.2) is 0 Å². The minimum atomic E-state index is -0.446. The van der Waals surface area contributed by atoms with Gasteiger partial charge in [-0.05, 0) is 57.0 Å². The number of carbonyl (C=O) groups is 4. The Morgan fingerprint density at radius 2 is 1.53 bits per heavy atom. The first-order valence-electron chi connectivity index (χ1n) is 11.3. The second-order valence-electron chi connectivity index (χ2n) is 7.13. The maximum atomic E-state index is 11.6. The molecule has 2 amide bonds. The average Bonchev–Trinajstić information content (AvgIpc) is 2.86. The molecule has 1 rings (SSSR count). The molecule has 0 aliphatic rings. The first-order chi connectivity index (χ1) is 16.2. The van der Waals surface area contributed by atoms with Gasteiger partial charge in [-0.15, -0.1) is 0 Å². The van der Waals surface area contributed by atoms with Crippen LogP contribution in [-0.4, -0.2) is 60.5 Å². The summed E-state index contributed by atoms with van der Waals surface area (Å²) in [5.41, 5.74) is 1.89. The molecular formula is C24H41N3O7. The number of hydrogen-bond donors (Lipinski definition) is 5. The van der Waals surface area contributed by atoms with Crippen molar-refractivity contribution < 1.29 is 34.1 Å². The normalized spacial score (nSPS) is 11.4. The van der Waals surface area contributed by atoms with Gasteiger partial charge in [0.25, 0.3) is 0 Å². The first-order valence-corrected chi connectivity index (χ1v) is 11.3. The van der Waals surface area contributed by atoms with E-state index in [1.54, 1.807) is 39.1 Å². The number of carbonyl (C=O) groups excluding carboxylic acids is 4. The molecule has 5 N–H and O–H groups in total. The van der Waals surface area contributed by atoms with E-state index in [2.05, 4.69) is 20.7 Å². The van der Waals surface area contributed by atoms with E-state index in [4.69, 9.17) is 10.2 Å². The van der Waals surface area contributed by atoms with Crippen LogP contribution >= 0.6 is 0 Å². The van der Waals surface area contributed by atoms with Gasteiger partial charge in [-0.2, -0.15) is 0 Å². The monoisotopic (exact) mass is 483 g/mol. The molecule has 1 unspecified atom stereocenters. The van der Waals surface area contributed by atoms with Crippen LogP contribution in [0.2, 0.25) is 0 Å². The van der Waals surface area contributed by atoms with Crippen LogP contribution in [0.3, 0.4) is 0 Å². The van der Waals surface area contributed by atoms with Gasteiger partial charge < -0.3 is 35.7 Å². The lowest BCUT2D eigenvalue weighted by Gasteiger charge is -2.12. The topological polar surface area (TPSA) is 154 Å². The zero-order valence-electron chi connectivity index (χ0n) is 21.1. The zero-order valence-corrected chi connectivity index (χ0v) is 21.1. The second kappa shape index (κ2) is 20.8. The maximum absolute atomic E-state index is 11.6. The number of benzene rings is 1. The van der Waals surface area contributed by atoms with E-state index in [1.807, 2.05) is 13.8 Å². The molecule has 0 spiro atoms. The number of likely N-dealkylation sites (N-methyl/N-ethyl adjacent to an activating group) is 1. The molecule has 0 aliphatic carbocycles. The second-order valence-corrected chi connectivity index (χ2v) is 7.13. The van der Waals surface area contributed by atoms with Crippen molar-refractivity contribution in [2.24, 2.45) is 0 Å². The van der Waals surface area contributed by atoms with Crippen LogP contribution in [0.1, 0.15) is 64.5 Å². The largest absolute Gasteiger partial charge is 0.469 e. The molecule has 0 saturated heterocycles. The van der Waals surface area contributed by atoms with Crippen molar-refractivity contribution in [1.82, 2.24) is 10.6 Å². The van der Waals surface area contributed by atoms with Crippen molar-refractivity contribution in [2.45, 2.75) is 78.7 Å². The summed E-state index contributed by atoms with van der Waals surface area (Å²) >= 11 is 0. The Hall–Kier alpha value is -2.82. The SMILES string of the molecule is CC.CNC(C)C(=O)Nc1cc(CO)cc(CO)c1.COC(=O)CCCCC(=O)N[C@@H](C)C=O. The molecular weight excluding hydrogens is 442 g/mol. The molecule has 0 bridgehead atoms. The Morgan fingerprint density at radius 3 is 1.97 bits per heavy atom. The number of unbranched alkanes of at least 4 members (excludes halogenated alkanes) is 1. The number of anilines is 1. The number of hydrogen-bond acceptors (Lipinski definition) is 8. The lowest BCUT2D eigenvalue weighted by molar-refractivity contribution is -0.140. The number of methoxy groups -OCH3 is 1. The van der Waals surface area contributed by atoms with E-state index in [1.165, 1.54) is 7.11 Å². The number of aliphatic hydroxyl groups is 2. The number of ether oxygens (including phenoxy) is 1. The molecule has 0 heterocycles. The lowest BCUT2D eigenvalue weighted by Crippen LogP contribution is -2.35. The predicted octanol–water partition coefficient (Wildman–Crippen LogP) is 1.67. The van der Waals surface area contributed by atoms with Crippen molar-refractivity contribution in [3.05, 3.63) is 29.3 Å². The number of rotatable bonds is 12. The molecule has 0 aliphatic heterocycles. The summed E-state index contributed by atoms with van der Waals surface area (Å²) in [5, 5.41) is 26.2. The Balaban J connectivity index is 0.